The molecule has 1 amide bonds. The van der Waals surface area contributed by atoms with Crippen molar-refractivity contribution in [2.24, 2.45) is 0 Å². The predicted octanol–water partition coefficient (Wildman–Crippen LogP) is 1.26. The Labute approximate surface area is 112 Å². The minimum Gasteiger partial charge on any atom is -0.352 e. The first-order valence-corrected chi connectivity index (χ1v) is 6.28. The van der Waals surface area contributed by atoms with Crippen molar-refractivity contribution in [1.82, 2.24) is 5.32 Å². The fraction of sp³-hybridized carbons (Fsp3) is 0.417. The molecule has 0 aliphatic carbocycles. The van der Waals surface area contributed by atoms with Crippen LogP contribution < -0.4 is 10.2 Å². The average molecular weight is 276 g/mol. The predicted molar refractivity (Wildman–Crippen MR) is 71.1 cm³/mol. The summed E-state index contributed by atoms with van der Waals surface area (Å²) in [6.45, 7) is 1.68. The lowest BCUT2D eigenvalue weighted by molar-refractivity contribution is -0.858. The molecule has 2 N–H and O–H groups in total. The number of hydrogen-bond donors (Lipinski definition) is 2. The molecule has 5 heteroatoms. The van der Waals surface area contributed by atoms with Crippen LogP contribution in [0.5, 0.6) is 0 Å². The van der Waals surface area contributed by atoms with E-state index in [1.54, 1.807) is 18.2 Å². The second kappa shape index (κ2) is 6.84. The van der Waals surface area contributed by atoms with Crippen molar-refractivity contribution in [3.8, 4) is 0 Å². The van der Waals surface area contributed by atoms with E-state index >= 15 is 0 Å². The Morgan fingerprint density at radius 1 is 1.35 bits per heavy atom. The third-order valence-corrected chi connectivity index (χ3v) is 2.86. The van der Waals surface area contributed by atoms with E-state index in [1.165, 1.54) is 4.90 Å². The van der Waals surface area contributed by atoms with Gasteiger partial charge < -0.3 is 10.2 Å². The second-order valence-electron chi connectivity index (χ2n) is 4.19. The summed E-state index contributed by atoms with van der Waals surface area (Å²) in [6, 6.07) is 4.87. The van der Waals surface area contributed by atoms with Crippen LogP contribution in [0.4, 0.5) is 0 Å². The summed E-state index contributed by atoms with van der Waals surface area (Å²) in [7, 11) is 4.16. The molecule has 0 saturated heterocycles. The number of quaternary nitrogens is 1. The molecule has 0 aliphatic rings. The molecule has 3 nitrogen and oxygen atoms in total. The molecule has 0 aromatic heterocycles. The number of carbonyl (C=O) groups is 1. The van der Waals surface area contributed by atoms with Crippen LogP contribution in [0.1, 0.15) is 16.8 Å². The lowest BCUT2D eigenvalue weighted by atomic mass is 10.2. The van der Waals surface area contributed by atoms with Crippen molar-refractivity contribution in [3.05, 3.63) is 33.8 Å². The standard InChI is InChI=1S/C12H16Cl2N2O/c1-16(2)7-3-6-15-12(17)10-5-4-9(13)8-11(10)14/h4-5,8H,3,6-7H2,1-2H3,(H,15,17)/p+1. The first-order chi connectivity index (χ1) is 8.00. The van der Waals surface area contributed by atoms with E-state index in [2.05, 4.69) is 19.4 Å². The maximum absolute atomic E-state index is 11.8. The molecule has 0 atom stereocenters. The molecule has 1 rings (SSSR count). The van der Waals surface area contributed by atoms with Gasteiger partial charge in [-0.3, -0.25) is 4.79 Å². The Bertz CT molecular complexity index is 394. The minimum atomic E-state index is -0.152. The lowest BCUT2D eigenvalue weighted by Gasteiger charge is -2.09. The Balaban J connectivity index is 2.47. The lowest BCUT2D eigenvalue weighted by Crippen LogP contribution is -3.05. The van der Waals surface area contributed by atoms with Crippen LogP contribution in [0.2, 0.25) is 10.0 Å². The number of amides is 1. The van der Waals surface area contributed by atoms with E-state index in [1.807, 2.05) is 0 Å². The van der Waals surface area contributed by atoms with Gasteiger partial charge in [0.15, 0.2) is 0 Å². The first-order valence-electron chi connectivity index (χ1n) is 5.53. The van der Waals surface area contributed by atoms with E-state index in [9.17, 15) is 4.79 Å². The van der Waals surface area contributed by atoms with E-state index in [0.29, 0.717) is 22.2 Å². The fourth-order valence-electron chi connectivity index (χ4n) is 1.41. The monoisotopic (exact) mass is 275 g/mol. The molecule has 0 radical (unpaired) electrons. The van der Waals surface area contributed by atoms with Crippen LogP contribution in [-0.2, 0) is 0 Å². The molecule has 0 bridgehead atoms. The van der Waals surface area contributed by atoms with Crippen molar-refractivity contribution in [2.75, 3.05) is 27.2 Å². The van der Waals surface area contributed by atoms with Gasteiger partial charge >= 0.3 is 0 Å². The second-order valence-corrected chi connectivity index (χ2v) is 5.03. The first kappa shape index (κ1) is 14.3. The molecule has 94 valence electrons. The molecule has 0 heterocycles. The van der Waals surface area contributed by atoms with Gasteiger partial charge in [0, 0.05) is 18.0 Å². The summed E-state index contributed by atoms with van der Waals surface area (Å²) in [5.41, 5.74) is 0.466. The van der Waals surface area contributed by atoms with Gasteiger partial charge in [-0.15, -0.1) is 0 Å². The molecule has 1 aromatic carbocycles. The van der Waals surface area contributed by atoms with Crippen molar-refractivity contribution >= 4 is 29.1 Å². The van der Waals surface area contributed by atoms with E-state index in [4.69, 9.17) is 23.2 Å². The van der Waals surface area contributed by atoms with Crippen LogP contribution in [0, 0.1) is 0 Å². The van der Waals surface area contributed by atoms with E-state index in [0.717, 1.165) is 13.0 Å². The van der Waals surface area contributed by atoms with Gasteiger partial charge in [-0.2, -0.15) is 0 Å². The van der Waals surface area contributed by atoms with Crippen LogP contribution in [0.3, 0.4) is 0 Å². The van der Waals surface area contributed by atoms with Gasteiger partial charge in [-0.05, 0) is 18.2 Å². The van der Waals surface area contributed by atoms with Crippen LogP contribution in [0.15, 0.2) is 18.2 Å². The molecule has 0 fully saturated rings. The van der Waals surface area contributed by atoms with Crippen molar-refractivity contribution in [1.29, 1.82) is 0 Å². The molecule has 0 aliphatic heterocycles. The van der Waals surface area contributed by atoms with Crippen LogP contribution in [0.25, 0.3) is 0 Å². The zero-order valence-electron chi connectivity index (χ0n) is 10.0. The fourth-order valence-corrected chi connectivity index (χ4v) is 1.91. The highest BCUT2D eigenvalue weighted by atomic mass is 35.5. The van der Waals surface area contributed by atoms with Gasteiger partial charge in [0.05, 0.1) is 31.2 Å². The SMILES string of the molecule is C[NH+](C)CCCNC(=O)c1ccc(Cl)cc1Cl. The Morgan fingerprint density at radius 3 is 2.65 bits per heavy atom. The molecule has 0 saturated carbocycles. The summed E-state index contributed by atoms with van der Waals surface area (Å²) in [4.78, 5) is 13.1. The Hall–Kier alpha value is -0.770. The maximum Gasteiger partial charge on any atom is 0.252 e. The smallest absolute Gasteiger partial charge is 0.252 e. The normalized spacial score (nSPS) is 10.6. The van der Waals surface area contributed by atoms with Crippen molar-refractivity contribution in [3.63, 3.8) is 0 Å². The summed E-state index contributed by atoms with van der Waals surface area (Å²) in [5.74, 6) is -0.152. The summed E-state index contributed by atoms with van der Waals surface area (Å²) < 4.78 is 0. The number of carbonyl (C=O) groups excluding carboxylic acids is 1. The average Bonchev–Trinajstić information content (AvgIpc) is 2.23. The van der Waals surface area contributed by atoms with E-state index < -0.39 is 0 Å². The van der Waals surface area contributed by atoms with Gasteiger partial charge in [0.1, 0.15) is 0 Å². The summed E-state index contributed by atoms with van der Waals surface area (Å²) in [5, 5.41) is 3.75. The van der Waals surface area contributed by atoms with Gasteiger partial charge in [-0.25, -0.2) is 0 Å². The highest BCUT2D eigenvalue weighted by Gasteiger charge is 2.09. The summed E-state index contributed by atoms with van der Waals surface area (Å²) in [6.07, 6.45) is 0.944. The molecule has 0 spiro atoms. The maximum atomic E-state index is 11.8. The van der Waals surface area contributed by atoms with Crippen molar-refractivity contribution < 1.29 is 9.69 Å². The number of hydrogen-bond acceptors (Lipinski definition) is 1. The largest absolute Gasteiger partial charge is 0.352 e. The highest BCUT2D eigenvalue weighted by molar-refractivity contribution is 6.36. The molecule has 0 unspecified atom stereocenters. The molecular weight excluding hydrogens is 259 g/mol. The van der Waals surface area contributed by atoms with Crippen molar-refractivity contribution in [2.45, 2.75) is 6.42 Å². The number of benzene rings is 1. The Morgan fingerprint density at radius 2 is 2.06 bits per heavy atom. The number of rotatable bonds is 5. The number of halogens is 2. The quantitative estimate of drug-likeness (QED) is 0.780. The highest BCUT2D eigenvalue weighted by Crippen LogP contribution is 2.20. The zero-order chi connectivity index (χ0) is 12.8. The molecule has 1 aromatic rings. The minimum absolute atomic E-state index is 0.152. The van der Waals surface area contributed by atoms with E-state index in [-0.39, 0.29) is 5.91 Å². The van der Waals surface area contributed by atoms with Crippen LogP contribution in [-0.4, -0.2) is 33.1 Å². The topological polar surface area (TPSA) is 33.5 Å². The zero-order valence-corrected chi connectivity index (χ0v) is 11.5. The molecule has 17 heavy (non-hydrogen) atoms. The van der Waals surface area contributed by atoms with Gasteiger partial charge in [0.2, 0.25) is 0 Å². The summed E-state index contributed by atoms with van der Waals surface area (Å²) >= 11 is 11.7. The third kappa shape index (κ3) is 4.94. The Kier molecular flexibility index (Phi) is 5.75. The van der Waals surface area contributed by atoms with Gasteiger partial charge in [0.25, 0.3) is 5.91 Å². The molecular formula is C12H17Cl2N2O+. The third-order valence-electron chi connectivity index (χ3n) is 2.31. The number of nitrogens with one attached hydrogen (secondary N) is 2. The van der Waals surface area contributed by atoms with Crippen LogP contribution >= 0.6 is 23.2 Å². The van der Waals surface area contributed by atoms with Gasteiger partial charge in [-0.1, -0.05) is 23.2 Å².